The molecule has 2 nitrogen and oxygen atoms in total. The van der Waals surface area contributed by atoms with Crippen LogP contribution in [0.2, 0.25) is 0 Å². The normalized spacial score (nSPS) is 13.9. The van der Waals surface area contributed by atoms with Crippen molar-refractivity contribution in [3.63, 3.8) is 0 Å². The molecule has 1 unspecified atom stereocenters. The standard InChI is InChI=1S/C12H28N2/c1-6-14(11(2)3)10-8-7-9-12(4)13-5/h11-13H,6-10H2,1-5H3. The fraction of sp³-hybridized carbons (Fsp3) is 1.00. The van der Waals surface area contributed by atoms with Crippen molar-refractivity contribution in [2.75, 3.05) is 20.1 Å². The predicted molar refractivity (Wildman–Crippen MR) is 64.8 cm³/mol. The Labute approximate surface area is 90.1 Å². The van der Waals surface area contributed by atoms with Gasteiger partial charge in [-0.2, -0.15) is 0 Å². The van der Waals surface area contributed by atoms with Crippen molar-refractivity contribution in [3.8, 4) is 0 Å². The molecular weight excluding hydrogens is 172 g/mol. The van der Waals surface area contributed by atoms with Gasteiger partial charge in [0.25, 0.3) is 0 Å². The van der Waals surface area contributed by atoms with Gasteiger partial charge in [-0.1, -0.05) is 13.3 Å². The summed E-state index contributed by atoms with van der Waals surface area (Å²) in [4.78, 5) is 2.53. The van der Waals surface area contributed by atoms with Gasteiger partial charge in [-0.05, 0) is 53.8 Å². The topological polar surface area (TPSA) is 15.3 Å². The molecular formula is C12H28N2. The number of hydrogen-bond acceptors (Lipinski definition) is 2. The predicted octanol–water partition coefficient (Wildman–Crippen LogP) is 2.49. The maximum atomic E-state index is 3.28. The molecule has 2 heteroatoms. The molecule has 86 valence electrons. The van der Waals surface area contributed by atoms with Gasteiger partial charge in [0.05, 0.1) is 0 Å². The molecule has 0 spiro atoms. The largest absolute Gasteiger partial charge is 0.317 e. The maximum Gasteiger partial charge on any atom is 0.00384 e. The van der Waals surface area contributed by atoms with Crippen molar-refractivity contribution in [2.45, 2.75) is 59.0 Å². The first-order chi connectivity index (χ1) is 6.61. The fourth-order valence-corrected chi connectivity index (χ4v) is 1.69. The highest BCUT2D eigenvalue weighted by molar-refractivity contribution is 4.62. The summed E-state index contributed by atoms with van der Waals surface area (Å²) in [6.45, 7) is 11.5. The van der Waals surface area contributed by atoms with Crippen LogP contribution in [-0.4, -0.2) is 37.1 Å². The van der Waals surface area contributed by atoms with Crippen molar-refractivity contribution in [3.05, 3.63) is 0 Å². The Kier molecular flexibility index (Phi) is 8.20. The third kappa shape index (κ3) is 6.39. The third-order valence-electron chi connectivity index (χ3n) is 2.96. The van der Waals surface area contributed by atoms with E-state index in [0.29, 0.717) is 12.1 Å². The quantitative estimate of drug-likeness (QED) is 0.606. The first kappa shape index (κ1) is 13.9. The van der Waals surface area contributed by atoms with Crippen LogP contribution < -0.4 is 5.32 Å². The van der Waals surface area contributed by atoms with Crippen molar-refractivity contribution in [2.24, 2.45) is 0 Å². The molecule has 0 bridgehead atoms. The Morgan fingerprint density at radius 2 is 1.79 bits per heavy atom. The summed E-state index contributed by atoms with van der Waals surface area (Å²) in [6, 6.07) is 1.37. The van der Waals surface area contributed by atoms with Crippen LogP contribution in [0.25, 0.3) is 0 Å². The van der Waals surface area contributed by atoms with E-state index in [2.05, 4.69) is 37.9 Å². The minimum Gasteiger partial charge on any atom is -0.317 e. The van der Waals surface area contributed by atoms with E-state index < -0.39 is 0 Å². The molecule has 0 aliphatic heterocycles. The Hall–Kier alpha value is -0.0800. The Morgan fingerprint density at radius 3 is 2.21 bits per heavy atom. The number of nitrogens with zero attached hydrogens (tertiary/aromatic N) is 1. The molecule has 0 saturated heterocycles. The van der Waals surface area contributed by atoms with E-state index in [1.807, 2.05) is 7.05 Å². The first-order valence-electron chi connectivity index (χ1n) is 6.03. The average Bonchev–Trinajstić information content (AvgIpc) is 2.16. The summed E-state index contributed by atoms with van der Waals surface area (Å²) in [5.74, 6) is 0. The zero-order valence-corrected chi connectivity index (χ0v) is 10.6. The van der Waals surface area contributed by atoms with Crippen LogP contribution in [0.3, 0.4) is 0 Å². The lowest BCUT2D eigenvalue weighted by Crippen LogP contribution is -2.31. The number of unbranched alkanes of at least 4 members (excludes halogenated alkanes) is 1. The van der Waals surface area contributed by atoms with Crippen molar-refractivity contribution < 1.29 is 0 Å². The van der Waals surface area contributed by atoms with Gasteiger partial charge >= 0.3 is 0 Å². The SMILES string of the molecule is CCN(CCCCC(C)NC)C(C)C. The van der Waals surface area contributed by atoms with Gasteiger partial charge in [0.1, 0.15) is 0 Å². The second-order valence-electron chi connectivity index (χ2n) is 4.41. The Bertz CT molecular complexity index is 123. The molecule has 1 N–H and O–H groups in total. The summed E-state index contributed by atoms with van der Waals surface area (Å²) < 4.78 is 0. The highest BCUT2D eigenvalue weighted by atomic mass is 15.1. The molecule has 0 radical (unpaired) electrons. The fourth-order valence-electron chi connectivity index (χ4n) is 1.69. The van der Waals surface area contributed by atoms with E-state index >= 15 is 0 Å². The van der Waals surface area contributed by atoms with E-state index in [-0.39, 0.29) is 0 Å². The van der Waals surface area contributed by atoms with Gasteiger partial charge in [0.2, 0.25) is 0 Å². The summed E-state index contributed by atoms with van der Waals surface area (Å²) in [5, 5.41) is 3.28. The van der Waals surface area contributed by atoms with Gasteiger partial charge in [0, 0.05) is 12.1 Å². The van der Waals surface area contributed by atoms with Crippen LogP contribution in [0.5, 0.6) is 0 Å². The van der Waals surface area contributed by atoms with Crippen LogP contribution in [0.4, 0.5) is 0 Å². The van der Waals surface area contributed by atoms with Gasteiger partial charge in [-0.15, -0.1) is 0 Å². The van der Waals surface area contributed by atoms with Crippen molar-refractivity contribution in [1.29, 1.82) is 0 Å². The Morgan fingerprint density at radius 1 is 1.14 bits per heavy atom. The number of hydrogen-bond donors (Lipinski definition) is 1. The molecule has 0 aliphatic carbocycles. The lowest BCUT2D eigenvalue weighted by Gasteiger charge is -2.24. The zero-order chi connectivity index (χ0) is 11.0. The highest BCUT2D eigenvalue weighted by Crippen LogP contribution is 2.04. The van der Waals surface area contributed by atoms with Crippen LogP contribution in [-0.2, 0) is 0 Å². The van der Waals surface area contributed by atoms with Gasteiger partial charge in [0.15, 0.2) is 0 Å². The van der Waals surface area contributed by atoms with E-state index in [1.54, 1.807) is 0 Å². The molecule has 1 atom stereocenters. The number of nitrogens with one attached hydrogen (secondary N) is 1. The molecule has 0 heterocycles. The zero-order valence-electron chi connectivity index (χ0n) is 10.6. The van der Waals surface area contributed by atoms with Crippen LogP contribution in [0.15, 0.2) is 0 Å². The van der Waals surface area contributed by atoms with Gasteiger partial charge in [-0.25, -0.2) is 0 Å². The number of rotatable bonds is 8. The lowest BCUT2D eigenvalue weighted by molar-refractivity contribution is 0.227. The van der Waals surface area contributed by atoms with Gasteiger partial charge in [-0.3, -0.25) is 0 Å². The van der Waals surface area contributed by atoms with E-state index in [0.717, 1.165) is 0 Å². The van der Waals surface area contributed by atoms with Gasteiger partial charge < -0.3 is 10.2 Å². The van der Waals surface area contributed by atoms with Crippen LogP contribution in [0.1, 0.15) is 47.0 Å². The van der Waals surface area contributed by atoms with Crippen LogP contribution in [0, 0.1) is 0 Å². The second kappa shape index (κ2) is 8.25. The van der Waals surface area contributed by atoms with E-state index in [4.69, 9.17) is 0 Å². The molecule has 0 aromatic rings. The van der Waals surface area contributed by atoms with Crippen molar-refractivity contribution >= 4 is 0 Å². The molecule has 0 fully saturated rings. The van der Waals surface area contributed by atoms with Crippen molar-refractivity contribution in [1.82, 2.24) is 10.2 Å². The monoisotopic (exact) mass is 200 g/mol. The summed E-state index contributed by atoms with van der Waals surface area (Å²) >= 11 is 0. The smallest absolute Gasteiger partial charge is 0.00384 e. The lowest BCUT2D eigenvalue weighted by atomic mass is 10.1. The summed E-state index contributed by atoms with van der Waals surface area (Å²) in [6.07, 6.45) is 3.97. The molecule has 0 saturated carbocycles. The minimum atomic E-state index is 0.670. The maximum absolute atomic E-state index is 3.28. The molecule has 0 aromatic carbocycles. The molecule has 0 aromatic heterocycles. The van der Waals surface area contributed by atoms with E-state index in [1.165, 1.54) is 32.4 Å². The molecule has 0 amide bonds. The third-order valence-corrected chi connectivity index (χ3v) is 2.96. The Balaban J connectivity index is 3.42. The van der Waals surface area contributed by atoms with Crippen LogP contribution >= 0.6 is 0 Å². The minimum absolute atomic E-state index is 0.670. The highest BCUT2D eigenvalue weighted by Gasteiger charge is 2.06. The molecule has 0 rings (SSSR count). The van der Waals surface area contributed by atoms with E-state index in [9.17, 15) is 0 Å². The average molecular weight is 200 g/mol. The molecule has 14 heavy (non-hydrogen) atoms. The molecule has 0 aliphatic rings. The summed E-state index contributed by atoms with van der Waals surface area (Å²) in [7, 11) is 2.04. The first-order valence-corrected chi connectivity index (χ1v) is 6.03. The second-order valence-corrected chi connectivity index (χ2v) is 4.41. The summed E-state index contributed by atoms with van der Waals surface area (Å²) in [5.41, 5.74) is 0.